The van der Waals surface area contributed by atoms with Crippen molar-refractivity contribution in [1.82, 2.24) is 9.88 Å². The predicted octanol–water partition coefficient (Wildman–Crippen LogP) is 2.68. The Balaban J connectivity index is 1.97. The molecule has 1 N–H and O–H groups in total. The third-order valence-corrected chi connectivity index (χ3v) is 4.32. The maximum Gasteiger partial charge on any atom is 0.305 e. The number of nitrogens with zero attached hydrogens (tertiary/aromatic N) is 2. The Morgan fingerprint density at radius 2 is 2.00 bits per heavy atom. The molecule has 0 aliphatic heterocycles. The fraction of sp³-hybridized carbons (Fsp3) is 0.353. The summed E-state index contributed by atoms with van der Waals surface area (Å²) in [5.74, 6) is -0.242. The molecule has 7 heteroatoms. The van der Waals surface area contributed by atoms with Crippen molar-refractivity contribution >= 4 is 23.2 Å². The molecule has 0 spiro atoms. The average molecular weight is 348 g/mol. The van der Waals surface area contributed by atoms with Crippen LogP contribution in [-0.4, -0.2) is 47.1 Å². The van der Waals surface area contributed by atoms with E-state index in [1.54, 1.807) is 7.05 Å². The van der Waals surface area contributed by atoms with Crippen molar-refractivity contribution in [2.45, 2.75) is 19.8 Å². The summed E-state index contributed by atoms with van der Waals surface area (Å²) >= 11 is 1.48. The number of carboxylic acid groups (broad SMARTS) is 1. The summed E-state index contributed by atoms with van der Waals surface area (Å²) in [6.07, 6.45) is 0.111. The van der Waals surface area contributed by atoms with E-state index >= 15 is 0 Å². The van der Waals surface area contributed by atoms with E-state index in [0.717, 1.165) is 16.3 Å². The lowest BCUT2D eigenvalue weighted by Gasteiger charge is -2.15. The predicted molar refractivity (Wildman–Crippen MR) is 92.3 cm³/mol. The maximum atomic E-state index is 12.1. The van der Waals surface area contributed by atoms with Gasteiger partial charge in [0.2, 0.25) is 5.91 Å². The van der Waals surface area contributed by atoms with E-state index < -0.39 is 5.97 Å². The molecule has 24 heavy (non-hydrogen) atoms. The van der Waals surface area contributed by atoms with Gasteiger partial charge >= 0.3 is 5.97 Å². The Kier molecular flexibility index (Phi) is 6.31. The molecule has 0 radical (unpaired) electrons. The number of rotatable bonds is 8. The summed E-state index contributed by atoms with van der Waals surface area (Å²) in [6.45, 7) is 2.76. The summed E-state index contributed by atoms with van der Waals surface area (Å²) in [6, 6.07) is 7.66. The van der Waals surface area contributed by atoms with Gasteiger partial charge in [-0.25, -0.2) is 4.98 Å². The summed E-state index contributed by atoms with van der Waals surface area (Å²) in [5.41, 5.74) is 1.66. The van der Waals surface area contributed by atoms with E-state index in [0.29, 0.717) is 12.3 Å². The first-order valence-corrected chi connectivity index (χ1v) is 8.51. The van der Waals surface area contributed by atoms with Crippen LogP contribution in [0.3, 0.4) is 0 Å². The van der Waals surface area contributed by atoms with Gasteiger partial charge in [-0.05, 0) is 31.2 Å². The van der Waals surface area contributed by atoms with Gasteiger partial charge in [-0.2, -0.15) is 0 Å². The molecule has 1 amide bonds. The number of carboxylic acids is 1. The molecule has 0 unspecified atom stereocenters. The molecule has 1 aromatic heterocycles. The Morgan fingerprint density at radius 3 is 2.62 bits per heavy atom. The van der Waals surface area contributed by atoms with Gasteiger partial charge in [0, 0.05) is 24.5 Å². The Labute approximate surface area is 144 Å². The Bertz CT molecular complexity index is 697. The molecule has 2 rings (SSSR count). The largest absolute Gasteiger partial charge is 0.494 e. The van der Waals surface area contributed by atoms with Crippen molar-refractivity contribution in [2.75, 3.05) is 20.2 Å². The smallest absolute Gasteiger partial charge is 0.305 e. The van der Waals surface area contributed by atoms with Crippen molar-refractivity contribution in [1.29, 1.82) is 0 Å². The molecule has 0 saturated heterocycles. The van der Waals surface area contributed by atoms with E-state index in [4.69, 9.17) is 9.84 Å². The number of amides is 1. The molecule has 0 aliphatic rings. The number of aliphatic carboxylic acids is 1. The number of hydrogen-bond donors (Lipinski definition) is 1. The first-order chi connectivity index (χ1) is 11.5. The number of ether oxygens (including phenoxy) is 1. The van der Waals surface area contributed by atoms with Gasteiger partial charge in [0.05, 0.1) is 25.1 Å². The number of hydrogen-bond acceptors (Lipinski definition) is 5. The third-order valence-electron chi connectivity index (χ3n) is 3.38. The fourth-order valence-corrected chi connectivity index (χ4v) is 2.88. The Hall–Kier alpha value is -2.41. The monoisotopic (exact) mass is 348 g/mol. The second-order valence-electron chi connectivity index (χ2n) is 5.24. The molecular weight excluding hydrogens is 328 g/mol. The minimum atomic E-state index is -0.916. The van der Waals surface area contributed by atoms with Crippen LogP contribution in [0.2, 0.25) is 0 Å². The summed E-state index contributed by atoms with van der Waals surface area (Å²) < 4.78 is 5.41. The van der Waals surface area contributed by atoms with Gasteiger partial charge in [0.15, 0.2) is 0 Å². The first kappa shape index (κ1) is 17.9. The third kappa shape index (κ3) is 5.06. The van der Waals surface area contributed by atoms with Crippen molar-refractivity contribution in [3.8, 4) is 16.3 Å². The van der Waals surface area contributed by atoms with E-state index in [-0.39, 0.29) is 25.3 Å². The molecular formula is C17H20N2O4S. The normalized spacial score (nSPS) is 10.4. The second-order valence-corrected chi connectivity index (χ2v) is 6.10. The average Bonchev–Trinajstić information content (AvgIpc) is 3.02. The number of carbonyl (C=O) groups is 2. The van der Waals surface area contributed by atoms with Crippen LogP contribution in [0.4, 0.5) is 0 Å². The van der Waals surface area contributed by atoms with Crippen LogP contribution in [0.15, 0.2) is 29.6 Å². The van der Waals surface area contributed by atoms with Crippen molar-refractivity contribution in [3.05, 3.63) is 35.3 Å². The van der Waals surface area contributed by atoms with Crippen LogP contribution < -0.4 is 4.74 Å². The SMILES string of the molecule is CCOc1ccc(-c2nc(CC(=O)N(C)CCC(=O)O)cs2)cc1. The highest BCUT2D eigenvalue weighted by molar-refractivity contribution is 7.13. The van der Waals surface area contributed by atoms with Crippen LogP contribution in [0.1, 0.15) is 19.0 Å². The molecule has 2 aromatic rings. The molecule has 0 bridgehead atoms. The number of benzene rings is 1. The van der Waals surface area contributed by atoms with Gasteiger partial charge in [-0.1, -0.05) is 0 Å². The molecule has 0 aliphatic carbocycles. The first-order valence-electron chi connectivity index (χ1n) is 7.63. The molecule has 0 fully saturated rings. The molecule has 1 aromatic carbocycles. The van der Waals surface area contributed by atoms with E-state index in [1.165, 1.54) is 16.2 Å². The van der Waals surface area contributed by atoms with Gasteiger partial charge < -0.3 is 14.7 Å². The number of carbonyl (C=O) groups excluding carboxylic acids is 1. The Morgan fingerprint density at radius 1 is 1.29 bits per heavy atom. The van der Waals surface area contributed by atoms with Crippen LogP contribution in [0.5, 0.6) is 5.75 Å². The lowest BCUT2D eigenvalue weighted by molar-refractivity contribution is -0.138. The quantitative estimate of drug-likeness (QED) is 0.793. The van der Waals surface area contributed by atoms with Gasteiger partial charge in [-0.3, -0.25) is 9.59 Å². The van der Waals surface area contributed by atoms with Crippen LogP contribution in [0, 0.1) is 0 Å². The molecule has 128 valence electrons. The number of likely N-dealkylation sites (N-methyl/N-ethyl adjacent to an activating group) is 1. The highest BCUT2D eigenvalue weighted by atomic mass is 32.1. The summed E-state index contributed by atoms with van der Waals surface area (Å²) in [5, 5.41) is 11.4. The lowest BCUT2D eigenvalue weighted by Crippen LogP contribution is -2.30. The molecule has 0 atom stereocenters. The minimum Gasteiger partial charge on any atom is -0.494 e. The van der Waals surface area contributed by atoms with Crippen LogP contribution >= 0.6 is 11.3 Å². The van der Waals surface area contributed by atoms with Crippen molar-refractivity contribution in [2.24, 2.45) is 0 Å². The zero-order valence-corrected chi connectivity index (χ0v) is 14.5. The van der Waals surface area contributed by atoms with Crippen LogP contribution in [0.25, 0.3) is 10.6 Å². The zero-order valence-electron chi connectivity index (χ0n) is 13.7. The van der Waals surface area contributed by atoms with Gasteiger partial charge in [0.1, 0.15) is 10.8 Å². The van der Waals surface area contributed by atoms with Crippen molar-refractivity contribution < 1.29 is 19.4 Å². The van der Waals surface area contributed by atoms with Gasteiger partial charge in [0.25, 0.3) is 0 Å². The van der Waals surface area contributed by atoms with Crippen molar-refractivity contribution in [3.63, 3.8) is 0 Å². The van der Waals surface area contributed by atoms with E-state index in [9.17, 15) is 9.59 Å². The zero-order chi connectivity index (χ0) is 17.5. The molecule has 0 saturated carbocycles. The number of thiazole rings is 1. The van der Waals surface area contributed by atoms with Gasteiger partial charge in [-0.15, -0.1) is 11.3 Å². The fourth-order valence-electron chi connectivity index (χ4n) is 2.06. The topological polar surface area (TPSA) is 79.7 Å². The highest BCUT2D eigenvalue weighted by Crippen LogP contribution is 2.26. The standard InChI is InChI=1S/C17H20N2O4S/c1-3-23-14-6-4-12(5-7-14)17-18-13(11-24-17)10-15(20)19(2)9-8-16(21)22/h4-7,11H,3,8-10H2,1-2H3,(H,21,22). The summed E-state index contributed by atoms with van der Waals surface area (Å²) in [4.78, 5) is 28.5. The van der Waals surface area contributed by atoms with Crippen LogP contribution in [-0.2, 0) is 16.0 Å². The maximum absolute atomic E-state index is 12.1. The minimum absolute atomic E-state index is 0.0588. The molecule has 1 heterocycles. The summed E-state index contributed by atoms with van der Waals surface area (Å²) in [7, 11) is 1.60. The number of aromatic nitrogens is 1. The van der Waals surface area contributed by atoms with E-state index in [2.05, 4.69) is 4.98 Å². The molecule has 6 nitrogen and oxygen atoms in total. The second kappa shape index (κ2) is 8.44. The highest BCUT2D eigenvalue weighted by Gasteiger charge is 2.13. The van der Waals surface area contributed by atoms with E-state index in [1.807, 2.05) is 36.6 Å². The lowest BCUT2D eigenvalue weighted by atomic mass is 10.2.